The Labute approximate surface area is 171 Å². The van der Waals surface area contributed by atoms with Gasteiger partial charge < -0.3 is 15.1 Å². The number of thiophene rings is 1. The minimum atomic E-state index is 0.128. The summed E-state index contributed by atoms with van der Waals surface area (Å²) in [5.41, 5.74) is 1.41. The highest BCUT2D eigenvalue weighted by Crippen LogP contribution is 2.33. The standard InChI is InChI=1S/C22H31N3O2S/c26-21(20-14-15-6-2-1-3-9-19(15)28-20)24-12-10-16(11-13-24)25-18-8-5-4-7-17(18)23-22(25)27/h14,16-18H,1-13H2,(H,23,27). The lowest BCUT2D eigenvalue weighted by molar-refractivity contribution is 0.0627. The number of hydrogen-bond acceptors (Lipinski definition) is 3. The third-order valence-electron chi connectivity index (χ3n) is 7.23. The molecule has 2 aliphatic carbocycles. The van der Waals surface area contributed by atoms with E-state index in [-0.39, 0.29) is 18.0 Å². The molecule has 0 aromatic carbocycles. The molecular formula is C22H31N3O2S. The van der Waals surface area contributed by atoms with Gasteiger partial charge >= 0.3 is 6.03 Å². The first-order valence-corrected chi connectivity index (χ1v) is 12.0. The van der Waals surface area contributed by atoms with Crippen molar-refractivity contribution >= 4 is 23.3 Å². The van der Waals surface area contributed by atoms with Crippen molar-refractivity contribution < 1.29 is 9.59 Å². The van der Waals surface area contributed by atoms with Crippen LogP contribution in [0.15, 0.2) is 6.07 Å². The smallest absolute Gasteiger partial charge is 0.318 e. The molecule has 2 unspecified atom stereocenters. The Morgan fingerprint density at radius 3 is 2.64 bits per heavy atom. The van der Waals surface area contributed by atoms with Gasteiger partial charge in [0.1, 0.15) is 0 Å². The summed E-state index contributed by atoms with van der Waals surface area (Å²) in [6.07, 6.45) is 12.6. The van der Waals surface area contributed by atoms with E-state index >= 15 is 0 Å². The van der Waals surface area contributed by atoms with Gasteiger partial charge in [0, 0.05) is 24.0 Å². The van der Waals surface area contributed by atoms with E-state index < -0.39 is 0 Å². The fraction of sp³-hybridized carbons (Fsp3) is 0.727. The quantitative estimate of drug-likeness (QED) is 0.763. The van der Waals surface area contributed by atoms with Crippen molar-refractivity contribution in [2.75, 3.05) is 13.1 Å². The molecule has 5 nitrogen and oxygen atoms in total. The topological polar surface area (TPSA) is 52.7 Å². The minimum Gasteiger partial charge on any atom is -0.338 e. The second-order valence-electron chi connectivity index (χ2n) is 8.96. The van der Waals surface area contributed by atoms with Crippen LogP contribution in [0.4, 0.5) is 4.79 Å². The summed E-state index contributed by atoms with van der Waals surface area (Å²) in [4.78, 5) is 32.1. The van der Waals surface area contributed by atoms with Crippen LogP contribution in [-0.2, 0) is 12.8 Å². The molecule has 6 heteroatoms. The van der Waals surface area contributed by atoms with E-state index in [1.165, 1.54) is 42.5 Å². The number of hydrogen-bond donors (Lipinski definition) is 1. The molecule has 5 rings (SSSR count). The number of carbonyl (C=O) groups excluding carboxylic acids is 2. The van der Waals surface area contributed by atoms with Crippen molar-refractivity contribution in [2.24, 2.45) is 0 Å². The number of likely N-dealkylation sites (tertiary alicyclic amines) is 1. The first-order chi connectivity index (χ1) is 13.7. The zero-order valence-electron chi connectivity index (χ0n) is 16.6. The van der Waals surface area contributed by atoms with Crippen molar-refractivity contribution in [3.05, 3.63) is 21.4 Å². The normalized spacial score (nSPS) is 28.5. The number of piperidine rings is 1. The number of nitrogens with one attached hydrogen (secondary N) is 1. The minimum absolute atomic E-state index is 0.128. The van der Waals surface area contributed by atoms with E-state index in [0.29, 0.717) is 12.1 Å². The molecule has 4 aliphatic rings. The second kappa shape index (κ2) is 7.69. The number of fused-ring (bicyclic) bond motifs is 2. The molecule has 28 heavy (non-hydrogen) atoms. The Morgan fingerprint density at radius 1 is 1.00 bits per heavy atom. The first kappa shape index (κ1) is 18.5. The lowest BCUT2D eigenvalue weighted by Crippen LogP contribution is -2.51. The molecule has 2 atom stereocenters. The van der Waals surface area contributed by atoms with Crippen molar-refractivity contribution in [1.82, 2.24) is 15.1 Å². The first-order valence-electron chi connectivity index (χ1n) is 11.2. The molecule has 1 aromatic heterocycles. The van der Waals surface area contributed by atoms with Crippen molar-refractivity contribution in [2.45, 2.75) is 88.8 Å². The van der Waals surface area contributed by atoms with E-state index in [0.717, 1.165) is 56.5 Å². The van der Waals surface area contributed by atoms with Gasteiger partial charge in [-0.2, -0.15) is 0 Å². The molecule has 152 valence electrons. The zero-order valence-corrected chi connectivity index (χ0v) is 17.4. The Balaban J connectivity index is 1.22. The van der Waals surface area contributed by atoms with Gasteiger partial charge in [0.25, 0.3) is 5.91 Å². The van der Waals surface area contributed by atoms with Crippen molar-refractivity contribution in [3.8, 4) is 0 Å². The van der Waals surface area contributed by atoms with Gasteiger partial charge in [-0.05, 0) is 63.0 Å². The number of urea groups is 1. The predicted octanol–water partition coefficient (Wildman–Crippen LogP) is 3.96. The van der Waals surface area contributed by atoms with E-state index in [4.69, 9.17) is 0 Å². The monoisotopic (exact) mass is 401 g/mol. The van der Waals surface area contributed by atoms with Gasteiger partial charge in [0.2, 0.25) is 0 Å². The highest BCUT2D eigenvalue weighted by molar-refractivity contribution is 7.14. The highest BCUT2D eigenvalue weighted by atomic mass is 32.1. The molecular weight excluding hydrogens is 370 g/mol. The molecule has 3 amide bonds. The summed E-state index contributed by atoms with van der Waals surface area (Å²) in [5, 5.41) is 3.20. The predicted molar refractivity (Wildman–Crippen MR) is 111 cm³/mol. The van der Waals surface area contributed by atoms with Crippen LogP contribution < -0.4 is 5.32 Å². The van der Waals surface area contributed by atoms with Crippen LogP contribution in [0.1, 0.15) is 77.9 Å². The highest BCUT2D eigenvalue weighted by Gasteiger charge is 2.44. The van der Waals surface area contributed by atoms with E-state index in [1.54, 1.807) is 11.3 Å². The molecule has 1 N–H and O–H groups in total. The van der Waals surface area contributed by atoms with Crippen molar-refractivity contribution in [3.63, 3.8) is 0 Å². The maximum Gasteiger partial charge on any atom is 0.318 e. The van der Waals surface area contributed by atoms with Crippen LogP contribution in [0.3, 0.4) is 0 Å². The summed E-state index contributed by atoms with van der Waals surface area (Å²) in [7, 11) is 0. The van der Waals surface area contributed by atoms with Gasteiger partial charge in [0.05, 0.1) is 17.0 Å². The molecule has 3 fully saturated rings. The molecule has 0 bridgehead atoms. The van der Waals surface area contributed by atoms with E-state index in [2.05, 4.69) is 16.3 Å². The number of nitrogens with zero attached hydrogens (tertiary/aromatic N) is 2. The van der Waals surface area contributed by atoms with Crippen LogP contribution in [-0.4, -0.2) is 53.0 Å². The SMILES string of the molecule is O=C(c1cc2c(s1)CCCCC2)N1CCC(N2C(=O)NC3CCCCC32)CC1. The molecule has 2 saturated heterocycles. The van der Waals surface area contributed by atoms with E-state index in [9.17, 15) is 9.59 Å². The number of aryl methyl sites for hydroxylation is 2. The van der Waals surface area contributed by atoms with Gasteiger partial charge in [-0.25, -0.2) is 4.79 Å². The Bertz CT molecular complexity index is 729. The summed E-state index contributed by atoms with van der Waals surface area (Å²) >= 11 is 1.73. The number of amides is 3. The van der Waals surface area contributed by atoms with Crippen molar-refractivity contribution in [1.29, 1.82) is 0 Å². The zero-order chi connectivity index (χ0) is 19.1. The second-order valence-corrected chi connectivity index (χ2v) is 10.1. The summed E-state index contributed by atoms with van der Waals surface area (Å²) in [6.45, 7) is 1.54. The Hall–Kier alpha value is -1.56. The Morgan fingerprint density at radius 2 is 1.79 bits per heavy atom. The number of rotatable bonds is 2. The van der Waals surface area contributed by atoms with Crippen LogP contribution in [0, 0.1) is 0 Å². The lowest BCUT2D eigenvalue weighted by Gasteiger charge is -2.40. The molecule has 1 saturated carbocycles. The molecule has 0 spiro atoms. The van der Waals surface area contributed by atoms with Gasteiger partial charge in [-0.3, -0.25) is 4.79 Å². The molecule has 0 radical (unpaired) electrons. The molecule has 3 heterocycles. The summed E-state index contributed by atoms with van der Waals surface area (Å²) in [6, 6.07) is 3.31. The third-order valence-corrected chi connectivity index (χ3v) is 8.46. The largest absolute Gasteiger partial charge is 0.338 e. The molecule has 1 aromatic rings. The van der Waals surface area contributed by atoms with Crippen LogP contribution in [0.2, 0.25) is 0 Å². The average molecular weight is 402 g/mol. The fourth-order valence-electron chi connectivity index (χ4n) is 5.71. The van der Waals surface area contributed by atoms with Gasteiger partial charge in [-0.1, -0.05) is 19.3 Å². The van der Waals surface area contributed by atoms with Crippen LogP contribution in [0.5, 0.6) is 0 Å². The van der Waals surface area contributed by atoms with E-state index in [1.807, 2.05) is 4.90 Å². The lowest BCUT2D eigenvalue weighted by atomic mass is 9.89. The average Bonchev–Trinajstić information content (AvgIpc) is 3.20. The maximum absolute atomic E-state index is 13.1. The third kappa shape index (κ3) is 3.34. The molecule has 2 aliphatic heterocycles. The van der Waals surface area contributed by atoms with Crippen LogP contribution in [0.25, 0.3) is 0 Å². The maximum atomic E-state index is 13.1. The number of carbonyl (C=O) groups is 2. The fourth-order valence-corrected chi connectivity index (χ4v) is 6.93. The Kier molecular flexibility index (Phi) is 5.07. The van der Waals surface area contributed by atoms with Crippen LogP contribution >= 0.6 is 11.3 Å². The summed E-state index contributed by atoms with van der Waals surface area (Å²) in [5.74, 6) is 0.206. The van der Waals surface area contributed by atoms with Gasteiger partial charge in [0.15, 0.2) is 0 Å². The van der Waals surface area contributed by atoms with Gasteiger partial charge in [-0.15, -0.1) is 11.3 Å². The summed E-state index contributed by atoms with van der Waals surface area (Å²) < 4.78 is 0.